The molecule has 1 unspecified atom stereocenters. The van der Waals surface area contributed by atoms with Gasteiger partial charge in [-0.2, -0.15) is 0 Å². The quantitative estimate of drug-likeness (QED) is 0.724. The first-order valence-electron chi connectivity index (χ1n) is 6.11. The van der Waals surface area contributed by atoms with E-state index in [1.54, 1.807) is 0 Å². The Morgan fingerprint density at radius 1 is 1.53 bits per heavy atom. The molecule has 94 valence electrons. The second-order valence-electron chi connectivity index (χ2n) is 5.07. The van der Waals surface area contributed by atoms with E-state index in [0.29, 0.717) is 12.6 Å². The number of likely N-dealkylation sites (N-methyl/N-ethyl adjacent to an activating group) is 1. The minimum Gasteiger partial charge on any atom is -0.348 e. The maximum absolute atomic E-state index is 12.1. The molecule has 0 spiro atoms. The van der Waals surface area contributed by atoms with Gasteiger partial charge in [-0.05, 0) is 32.6 Å². The topological polar surface area (TPSA) is 28.5 Å². The highest BCUT2D eigenvalue weighted by Crippen LogP contribution is 2.13. The van der Waals surface area contributed by atoms with Crippen molar-refractivity contribution in [3.05, 3.63) is 24.0 Å². The number of Topliss-reactive ketones (excluding diaryl/α,β-unsaturated/α-hetero) is 1. The second kappa shape index (κ2) is 5.02. The summed E-state index contributed by atoms with van der Waals surface area (Å²) in [6.07, 6.45) is 3.08. The van der Waals surface area contributed by atoms with Gasteiger partial charge in [-0.15, -0.1) is 0 Å². The van der Waals surface area contributed by atoms with Crippen molar-refractivity contribution < 1.29 is 4.79 Å². The van der Waals surface area contributed by atoms with E-state index >= 15 is 0 Å². The Balaban J connectivity index is 1.91. The van der Waals surface area contributed by atoms with Gasteiger partial charge in [0.1, 0.15) is 0 Å². The molecular weight excluding hydrogens is 214 g/mol. The van der Waals surface area contributed by atoms with Crippen LogP contribution in [-0.2, 0) is 7.05 Å². The van der Waals surface area contributed by atoms with Crippen LogP contribution in [0.2, 0.25) is 0 Å². The molecule has 0 amide bonds. The normalized spacial score (nSPS) is 21.3. The van der Waals surface area contributed by atoms with E-state index in [-0.39, 0.29) is 5.78 Å². The van der Waals surface area contributed by atoms with Crippen LogP contribution in [0.4, 0.5) is 0 Å². The van der Waals surface area contributed by atoms with Gasteiger partial charge in [0.2, 0.25) is 0 Å². The van der Waals surface area contributed by atoms with Crippen LogP contribution in [0.5, 0.6) is 0 Å². The summed E-state index contributed by atoms with van der Waals surface area (Å²) in [5.74, 6) is 0.219. The molecule has 1 fully saturated rings. The number of rotatable bonds is 4. The lowest BCUT2D eigenvalue weighted by molar-refractivity contribution is 0.0933. The van der Waals surface area contributed by atoms with Crippen molar-refractivity contribution in [2.24, 2.45) is 7.05 Å². The minimum absolute atomic E-state index is 0.219. The number of aryl methyl sites for hydroxylation is 1. The lowest BCUT2D eigenvalue weighted by Crippen LogP contribution is -2.34. The van der Waals surface area contributed by atoms with Crippen molar-refractivity contribution in [2.75, 3.05) is 33.7 Å². The Kier molecular flexibility index (Phi) is 3.64. The zero-order valence-corrected chi connectivity index (χ0v) is 10.9. The fourth-order valence-electron chi connectivity index (χ4n) is 2.41. The summed E-state index contributed by atoms with van der Waals surface area (Å²) in [7, 11) is 6.13. The first kappa shape index (κ1) is 12.3. The van der Waals surface area contributed by atoms with E-state index in [9.17, 15) is 4.79 Å². The van der Waals surface area contributed by atoms with Crippen molar-refractivity contribution in [1.29, 1.82) is 0 Å². The minimum atomic E-state index is 0.219. The van der Waals surface area contributed by atoms with Crippen molar-refractivity contribution in [3.63, 3.8) is 0 Å². The molecule has 0 aromatic carbocycles. The highest BCUT2D eigenvalue weighted by molar-refractivity contribution is 5.96. The summed E-state index contributed by atoms with van der Waals surface area (Å²) in [5.41, 5.74) is 0.804. The Bertz CT molecular complexity index is 397. The molecule has 1 aliphatic rings. The van der Waals surface area contributed by atoms with Crippen LogP contribution in [0.1, 0.15) is 16.9 Å². The van der Waals surface area contributed by atoms with Gasteiger partial charge in [0, 0.05) is 32.4 Å². The average molecular weight is 235 g/mol. The molecule has 0 bridgehead atoms. The molecule has 1 aliphatic heterocycles. The molecule has 0 radical (unpaired) electrons. The van der Waals surface area contributed by atoms with Crippen molar-refractivity contribution in [1.82, 2.24) is 14.4 Å². The Morgan fingerprint density at radius 3 is 2.82 bits per heavy atom. The number of nitrogens with zero attached hydrogens (tertiary/aromatic N) is 3. The van der Waals surface area contributed by atoms with Crippen LogP contribution in [-0.4, -0.2) is 59.9 Å². The molecule has 2 heterocycles. The van der Waals surface area contributed by atoms with Gasteiger partial charge in [-0.25, -0.2) is 0 Å². The van der Waals surface area contributed by atoms with Crippen LogP contribution < -0.4 is 0 Å². The molecule has 1 saturated heterocycles. The highest BCUT2D eigenvalue weighted by atomic mass is 16.1. The third kappa shape index (κ3) is 2.76. The number of hydrogen-bond donors (Lipinski definition) is 0. The third-order valence-corrected chi connectivity index (χ3v) is 3.57. The second-order valence-corrected chi connectivity index (χ2v) is 5.07. The average Bonchev–Trinajstić information content (AvgIpc) is 2.86. The zero-order valence-electron chi connectivity index (χ0n) is 10.9. The number of carbonyl (C=O) groups excluding carboxylic acids is 1. The lowest BCUT2D eigenvalue weighted by Gasteiger charge is -2.19. The van der Waals surface area contributed by atoms with Crippen LogP contribution in [0.25, 0.3) is 0 Å². The van der Waals surface area contributed by atoms with Gasteiger partial charge < -0.3 is 9.47 Å². The van der Waals surface area contributed by atoms with Crippen LogP contribution in [0.15, 0.2) is 18.3 Å². The van der Waals surface area contributed by atoms with Crippen molar-refractivity contribution in [2.45, 2.75) is 12.5 Å². The molecular formula is C13H21N3O. The fraction of sp³-hybridized carbons (Fsp3) is 0.615. The standard InChI is InChI=1S/C13H21N3O/c1-14(2)11-6-8-16(9-11)10-13(17)12-5-4-7-15(12)3/h4-5,7,11H,6,8-10H2,1-3H3. The summed E-state index contributed by atoms with van der Waals surface area (Å²) >= 11 is 0. The van der Waals surface area contributed by atoms with Gasteiger partial charge >= 0.3 is 0 Å². The third-order valence-electron chi connectivity index (χ3n) is 3.57. The summed E-state index contributed by atoms with van der Waals surface area (Å²) < 4.78 is 1.89. The monoisotopic (exact) mass is 235 g/mol. The largest absolute Gasteiger partial charge is 0.348 e. The Labute approximate surface area is 103 Å². The van der Waals surface area contributed by atoms with Gasteiger partial charge in [0.15, 0.2) is 5.78 Å². The summed E-state index contributed by atoms with van der Waals surface area (Å²) in [6.45, 7) is 2.57. The molecule has 4 heteroatoms. The maximum atomic E-state index is 12.1. The molecule has 1 atom stereocenters. The van der Waals surface area contributed by atoms with E-state index in [1.165, 1.54) is 0 Å². The van der Waals surface area contributed by atoms with E-state index in [2.05, 4.69) is 23.9 Å². The van der Waals surface area contributed by atoms with Crippen LogP contribution in [0, 0.1) is 0 Å². The molecule has 0 saturated carbocycles. The SMILES string of the molecule is CN(C)C1CCN(CC(=O)c2cccn2C)C1. The number of ketones is 1. The molecule has 1 aromatic rings. The van der Waals surface area contributed by atoms with Crippen molar-refractivity contribution in [3.8, 4) is 0 Å². The molecule has 0 aliphatic carbocycles. The molecule has 2 rings (SSSR count). The van der Waals surface area contributed by atoms with Gasteiger partial charge in [-0.1, -0.05) is 0 Å². The predicted octanol–water partition coefficient (Wildman–Crippen LogP) is 0.844. The highest BCUT2D eigenvalue weighted by Gasteiger charge is 2.25. The number of carbonyl (C=O) groups is 1. The van der Waals surface area contributed by atoms with E-state index in [4.69, 9.17) is 0 Å². The number of aromatic nitrogens is 1. The molecule has 17 heavy (non-hydrogen) atoms. The Hall–Kier alpha value is -1.13. The first-order chi connectivity index (χ1) is 8.08. The van der Waals surface area contributed by atoms with Crippen LogP contribution in [0.3, 0.4) is 0 Å². The van der Waals surface area contributed by atoms with Crippen LogP contribution >= 0.6 is 0 Å². The summed E-state index contributed by atoms with van der Waals surface area (Å²) in [5, 5.41) is 0. The first-order valence-corrected chi connectivity index (χ1v) is 6.11. The smallest absolute Gasteiger partial charge is 0.193 e. The van der Waals surface area contributed by atoms with Gasteiger partial charge in [0.25, 0.3) is 0 Å². The summed E-state index contributed by atoms with van der Waals surface area (Å²) in [6, 6.07) is 4.40. The number of hydrogen-bond acceptors (Lipinski definition) is 3. The van der Waals surface area contributed by atoms with E-state index < -0.39 is 0 Å². The van der Waals surface area contributed by atoms with Gasteiger partial charge in [-0.3, -0.25) is 9.69 Å². The molecule has 0 N–H and O–H groups in total. The Morgan fingerprint density at radius 2 is 2.29 bits per heavy atom. The zero-order chi connectivity index (χ0) is 12.4. The lowest BCUT2D eigenvalue weighted by atomic mass is 10.2. The fourth-order valence-corrected chi connectivity index (χ4v) is 2.41. The van der Waals surface area contributed by atoms with E-state index in [1.807, 2.05) is 29.9 Å². The maximum Gasteiger partial charge on any atom is 0.193 e. The van der Waals surface area contributed by atoms with Crippen molar-refractivity contribution >= 4 is 5.78 Å². The summed E-state index contributed by atoms with van der Waals surface area (Å²) in [4.78, 5) is 16.6. The van der Waals surface area contributed by atoms with Gasteiger partial charge in [0.05, 0.1) is 12.2 Å². The van der Waals surface area contributed by atoms with E-state index in [0.717, 1.165) is 25.2 Å². The number of likely N-dealkylation sites (tertiary alicyclic amines) is 1. The molecule has 1 aromatic heterocycles. The molecule has 4 nitrogen and oxygen atoms in total. The predicted molar refractivity (Wildman–Crippen MR) is 68.3 cm³/mol.